The first-order chi connectivity index (χ1) is 45.0. The number of allylic oxidation sites excluding steroid dienone is 5. The number of nitrogens with one attached hydrogen (secondary N) is 1. The lowest BCUT2D eigenvalue weighted by molar-refractivity contribution is -0.143. The summed E-state index contributed by atoms with van der Waals surface area (Å²) in [4.78, 5) is 24.6. The molecule has 0 aromatic carbocycles. The lowest BCUT2D eigenvalue weighted by atomic mass is 10.0. The van der Waals surface area contributed by atoms with Crippen LogP contribution >= 0.6 is 0 Å². The van der Waals surface area contributed by atoms with Crippen molar-refractivity contribution in [2.45, 2.75) is 482 Å². The second-order valence-electron chi connectivity index (χ2n) is 28.8. The fraction of sp³-hybridized carbons (Fsp3) is 0.906. The van der Waals surface area contributed by atoms with E-state index in [0.29, 0.717) is 19.4 Å². The van der Waals surface area contributed by atoms with E-state index >= 15 is 0 Å². The maximum atomic E-state index is 12.5. The van der Waals surface area contributed by atoms with Crippen LogP contribution in [0.3, 0.4) is 0 Å². The molecule has 0 aliphatic heterocycles. The maximum absolute atomic E-state index is 12.5. The van der Waals surface area contributed by atoms with E-state index in [-0.39, 0.29) is 18.5 Å². The standard InChI is InChI=1S/C85H163NO5/c1-3-5-7-9-11-13-15-17-19-21-43-46-49-53-57-61-65-69-73-77-83(88)82(81-87)86-84(89)78-74-70-66-62-58-54-50-47-44-41-39-37-35-33-31-29-27-25-23-22-24-26-28-30-32-34-36-38-40-42-45-48-52-56-60-64-68-72-76-80-91-85(90)79-75-71-67-63-59-55-51-20-18-16-14-12-10-8-6-4-2/h14,16,20,51,73,77,82-83,87-88H,3-13,15,17-19,21-50,52-72,74-76,78-81H2,1-2H3,(H,86,89)/b16-14-,51-20-,77-73+. The van der Waals surface area contributed by atoms with Gasteiger partial charge in [-0.1, -0.05) is 429 Å². The normalized spacial score (nSPS) is 12.6. The first-order valence-corrected chi connectivity index (χ1v) is 41.8. The molecule has 538 valence electrons. The Morgan fingerprint density at radius 1 is 0.308 bits per heavy atom. The van der Waals surface area contributed by atoms with E-state index < -0.39 is 12.1 Å². The van der Waals surface area contributed by atoms with Crippen molar-refractivity contribution in [2.24, 2.45) is 0 Å². The summed E-state index contributed by atoms with van der Waals surface area (Å²) < 4.78 is 5.50. The van der Waals surface area contributed by atoms with Crippen molar-refractivity contribution in [3.63, 3.8) is 0 Å². The molecule has 0 radical (unpaired) electrons. The smallest absolute Gasteiger partial charge is 0.305 e. The summed E-state index contributed by atoms with van der Waals surface area (Å²) in [5.74, 6) is -0.0464. The van der Waals surface area contributed by atoms with E-state index in [9.17, 15) is 19.8 Å². The van der Waals surface area contributed by atoms with Crippen LogP contribution in [0.1, 0.15) is 470 Å². The number of aliphatic hydroxyl groups excluding tert-OH is 2. The zero-order chi connectivity index (χ0) is 65.6. The number of ether oxygens (including phenoxy) is 1. The molecule has 0 aliphatic carbocycles. The summed E-state index contributed by atoms with van der Waals surface area (Å²) >= 11 is 0. The minimum Gasteiger partial charge on any atom is -0.466 e. The molecule has 91 heavy (non-hydrogen) atoms. The van der Waals surface area contributed by atoms with Crippen LogP contribution in [-0.4, -0.2) is 47.4 Å². The molecule has 1 amide bonds. The van der Waals surface area contributed by atoms with Gasteiger partial charge in [-0.25, -0.2) is 0 Å². The molecule has 0 heterocycles. The number of esters is 1. The zero-order valence-corrected chi connectivity index (χ0v) is 61.9. The Labute approximate surface area is 570 Å². The molecule has 0 aromatic heterocycles. The van der Waals surface area contributed by atoms with Crippen LogP contribution in [0, 0.1) is 0 Å². The molecular weight excluding hydrogens is 1110 g/mol. The van der Waals surface area contributed by atoms with Crippen molar-refractivity contribution in [3.8, 4) is 0 Å². The Morgan fingerprint density at radius 2 is 0.549 bits per heavy atom. The zero-order valence-electron chi connectivity index (χ0n) is 61.9. The Bertz CT molecular complexity index is 1470. The van der Waals surface area contributed by atoms with E-state index in [0.717, 1.165) is 51.4 Å². The van der Waals surface area contributed by atoms with Crippen molar-refractivity contribution in [1.29, 1.82) is 0 Å². The van der Waals surface area contributed by atoms with Gasteiger partial charge in [-0.3, -0.25) is 9.59 Å². The summed E-state index contributed by atoms with van der Waals surface area (Å²) in [5, 5.41) is 23.3. The highest BCUT2D eigenvalue weighted by molar-refractivity contribution is 5.76. The lowest BCUT2D eigenvalue weighted by Crippen LogP contribution is -2.45. The number of amides is 1. The van der Waals surface area contributed by atoms with E-state index in [2.05, 4.69) is 43.5 Å². The molecule has 3 N–H and O–H groups in total. The summed E-state index contributed by atoms with van der Waals surface area (Å²) in [5.41, 5.74) is 0. The fourth-order valence-electron chi connectivity index (χ4n) is 13.3. The molecule has 2 atom stereocenters. The first kappa shape index (κ1) is 89.1. The van der Waals surface area contributed by atoms with Crippen LogP contribution in [0.25, 0.3) is 0 Å². The van der Waals surface area contributed by atoms with Crippen molar-refractivity contribution >= 4 is 11.9 Å². The monoisotopic (exact) mass is 1280 g/mol. The molecule has 0 aromatic rings. The number of unbranched alkanes of at least 4 members (excludes halogenated alkanes) is 64. The highest BCUT2D eigenvalue weighted by atomic mass is 16.5. The third kappa shape index (κ3) is 77.0. The van der Waals surface area contributed by atoms with Crippen LogP contribution in [0.5, 0.6) is 0 Å². The Kier molecular flexibility index (Phi) is 78.8. The van der Waals surface area contributed by atoms with Gasteiger partial charge < -0.3 is 20.3 Å². The molecular formula is C85H163NO5. The second-order valence-corrected chi connectivity index (χ2v) is 28.8. The predicted octanol–water partition coefficient (Wildman–Crippen LogP) is 27.8. The molecule has 0 saturated heterocycles. The van der Waals surface area contributed by atoms with E-state index in [1.165, 1.54) is 392 Å². The van der Waals surface area contributed by atoms with E-state index in [1.807, 2.05) is 6.08 Å². The minimum absolute atomic E-state index is 0.0111. The third-order valence-electron chi connectivity index (χ3n) is 19.7. The van der Waals surface area contributed by atoms with Gasteiger partial charge in [0, 0.05) is 12.8 Å². The second kappa shape index (κ2) is 80.5. The number of aliphatic hydroxyl groups is 2. The van der Waals surface area contributed by atoms with Crippen molar-refractivity contribution < 1.29 is 24.5 Å². The van der Waals surface area contributed by atoms with Gasteiger partial charge in [0.1, 0.15) is 0 Å². The fourth-order valence-corrected chi connectivity index (χ4v) is 13.3. The van der Waals surface area contributed by atoms with Crippen LogP contribution in [-0.2, 0) is 14.3 Å². The van der Waals surface area contributed by atoms with E-state index in [4.69, 9.17) is 4.74 Å². The van der Waals surface area contributed by atoms with Crippen molar-refractivity contribution in [3.05, 3.63) is 36.5 Å². The van der Waals surface area contributed by atoms with Gasteiger partial charge in [0.05, 0.1) is 25.4 Å². The van der Waals surface area contributed by atoms with Crippen LogP contribution in [0.15, 0.2) is 36.5 Å². The van der Waals surface area contributed by atoms with Gasteiger partial charge in [-0.2, -0.15) is 0 Å². The number of hydrogen-bond acceptors (Lipinski definition) is 5. The SMILES string of the molecule is CCCCCC/C=C\C/C=C\CCCCCCCC(=O)OCCCCCCCCCCCCCCCCCCCCCCCCCCCCCCCCCCCCCCCCCC(=O)NC(CO)C(O)/C=C/CCCCCCCCCCCCCCCCCCC. The molecule has 0 saturated carbocycles. The molecule has 0 spiro atoms. The highest BCUT2D eigenvalue weighted by Crippen LogP contribution is 2.20. The van der Waals surface area contributed by atoms with Crippen LogP contribution < -0.4 is 5.32 Å². The quantitative estimate of drug-likeness (QED) is 0.0320. The van der Waals surface area contributed by atoms with Crippen LogP contribution in [0.4, 0.5) is 0 Å². The summed E-state index contributed by atoms with van der Waals surface area (Å²) in [6, 6.07) is -0.624. The Hall–Kier alpha value is -1.92. The van der Waals surface area contributed by atoms with Gasteiger partial charge in [0.2, 0.25) is 5.91 Å². The maximum Gasteiger partial charge on any atom is 0.305 e. The predicted molar refractivity (Wildman–Crippen MR) is 403 cm³/mol. The first-order valence-electron chi connectivity index (χ1n) is 41.8. The molecule has 2 unspecified atom stereocenters. The topological polar surface area (TPSA) is 95.9 Å². The van der Waals surface area contributed by atoms with Gasteiger partial charge >= 0.3 is 5.97 Å². The lowest BCUT2D eigenvalue weighted by Gasteiger charge is -2.20. The van der Waals surface area contributed by atoms with Gasteiger partial charge in [-0.15, -0.1) is 0 Å². The Balaban J connectivity index is 3.31. The molecule has 0 rings (SSSR count). The summed E-state index contributed by atoms with van der Waals surface area (Å²) in [6.07, 6.45) is 106. The van der Waals surface area contributed by atoms with E-state index in [1.54, 1.807) is 6.08 Å². The summed E-state index contributed by atoms with van der Waals surface area (Å²) in [6.45, 7) is 4.93. The number of carbonyl (C=O) groups excluding carboxylic acids is 2. The minimum atomic E-state index is -0.841. The molecule has 0 bridgehead atoms. The average molecular weight is 1280 g/mol. The number of carbonyl (C=O) groups is 2. The van der Waals surface area contributed by atoms with Crippen molar-refractivity contribution in [1.82, 2.24) is 5.32 Å². The van der Waals surface area contributed by atoms with Crippen LogP contribution in [0.2, 0.25) is 0 Å². The average Bonchev–Trinajstić information content (AvgIpc) is 3.74. The van der Waals surface area contributed by atoms with Gasteiger partial charge in [-0.05, 0) is 64.2 Å². The largest absolute Gasteiger partial charge is 0.466 e. The Morgan fingerprint density at radius 3 is 0.846 bits per heavy atom. The molecule has 6 nitrogen and oxygen atoms in total. The van der Waals surface area contributed by atoms with Gasteiger partial charge in [0.15, 0.2) is 0 Å². The van der Waals surface area contributed by atoms with Gasteiger partial charge in [0.25, 0.3) is 0 Å². The number of hydrogen-bond donors (Lipinski definition) is 3. The van der Waals surface area contributed by atoms with Crippen molar-refractivity contribution in [2.75, 3.05) is 13.2 Å². The molecule has 0 fully saturated rings. The molecule has 0 aliphatic rings. The third-order valence-corrected chi connectivity index (χ3v) is 19.7. The molecule has 6 heteroatoms. The number of rotatable bonds is 79. The highest BCUT2D eigenvalue weighted by Gasteiger charge is 2.18. The summed E-state index contributed by atoms with van der Waals surface area (Å²) in [7, 11) is 0.